The van der Waals surface area contributed by atoms with Gasteiger partial charge < -0.3 is 23.7 Å². The molecule has 0 bridgehead atoms. The van der Waals surface area contributed by atoms with E-state index in [1.54, 1.807) is 0 Å². The maximum atomic E-state index is 11.9. The summed E-state index contributed by atoms with van der Waals surface area (Å²) in [5.41, 5.74) is 0. The van der Waals surface area contributed by atoms with E-state index < -0.39 is 0 Å². The molecular formula is C22H42O7. The highest BCUT2D eigenvalue weighted by atomic mass is 16.6. The Bertz CT molecular complexity index is 387. The zero-order valence-corrected chi connectivity index (χ0v) is 18.7. The number of unbranched alkanes of at least 4 members (excludes halogenated alkanes) is 3. The van der Waals surface area contributed by atoms with Crippen molar-refractivity contribution < 1.29 is 33.3 Å². The lowest BCUT2D eigenvalue weighted by Crippen LogP contribution is -2.20. The molecule has 0 amide bonds. The number of hydrogen-bond donors (Lipinski definition) is 0. The van der Waals surface area contributed by atoms with Gasteiger partial charge in [0, 0.05) is 6.42 Å². The molecular weight excluding hydrogens is 376 g/mol. The van der Waals surface area contributed by atoms with Crippen molar-refractivity contribution >= 4 is 11.9 Å². The van der Waals surface area contributed by atoms with Gasteiger partial charge in [-0.3, -0.25) is 9.59 Å². The van der Waals surface area contributed by atoms with Gasteiger partial charge in [-0.05, 0) is 19.3 Å². The molecule has 0 aliphatic rings. The van der Waals surface area contributed by atoms with E-state index in [0.29, 0.717) is 46.1 Å². The minimum Gasteiger partial charge on any atom is -0.463 e. The summed E-state index contributed by atoms with van der Waals surface area (Å²) in [4.78, 5) is 23.3. The minimum absolute atomic E-state index is 0.00265. The van der Waals surface area contributed by atoms with Crippen LogP contribution in [-0.4, -0.2) is 64.8 Å². The third kappa shape index (κ3) is 18.6. The Hall–Kier alpha value is -1.18. The molecule has 0 heterocycles. The monoisotopic (exact) mass is 418 g/mol. The van der Waals surface area contributed by atoms with Crippen LogP contribution in [0.15, 0.2) is 0 Å². The molecule has 0 saturated carbocycles. The molecule has 0 aliphatic carbocycles. The molecule has 0 fully saturated rings. The number of rotatable bonds is 21. The molecule has 7 heteroatoms. The third-order valence-corrected chi connectivity index (χ3v) is 4.42. The first-order valence-corrected chi connectivity index (χ1v) is 11.2. The fourth-order valence-electron chi connectivity index (χ4n) is 2.61. The zero-order chi connectivity index (χ0) is 21.6. The number of hydrogen-bond acceptors (Lipinski definition) is 7. The Morgan fingerprint density at radius 1 is 0.655 bits per heavy atom. The summed E-state index contributed by atoms with van der Waals surface area (Å²) >= 11 is 0. The number of carbonyl (C=O) groups excluding carboxylic acids is 2. The predicted octanol–water partition coefficient (Wildman–Crippen LogP) is 3.92. The number of esters is 2. The van der Waals surface area contributed by atoms with Crippen LogP contribution in [0.3, 0.4) is 0 Å². The van der Waals surface area contributed by atoms with Crippen molar-refractivity contribution in [3.63, 3.8) is 0 Å². The second-order valence-corrected chi connectivity index (χ2v) is 6.93. The van der Waals surface area contributed by atoms with Crippen LogP contribution in [0.25, 0.3) is 0 Å². The fourth-order valence-corrected chi connectivity index (χ4v) is 2.61. The highest BCUT2D eigenvalue weighted by Gasteiger charge is 2.16. The average molecular weight is 419 g/mol. The predicted molar refractivity (Wildman–Crippen MR) is 112 cm³/mol. The molecule has 0 N–H and O–H groups in total. The summed E-state index contributed by atoms with van der Waals surface area (Å²) in [7, 11) is 0. The van der Waals surface area contributed by atoms with E-state index in [-0.39, 0.29) is 31.1 Å². The van der Waals surface area contributed by atoms with Gasteiger partial charge in [-0.1, -0.05) is 46.5 Å². The molecule has 7 nitrogen and oxygen atoms in total. The fraction of sp³-hybridized carbons (Fsp3) is 0.909. The lowest BCUT2D eigenvalue weighted by Gasteiger charge is -2.13. The molecule has 0 radical (unpaired) electrons. The summed E-state index contributed by atoms with van der Waals surface area (Å²) in [5, 5.41) is 0. The highest BCUT2D eigenvalue weighted by Crippen LogP contribution is 2.14. The van der Waals surface area contributed by atoms with Gasteiger partial charge in [0.05, 0.1) is 45.6 Å². The smallest absolute Gasteiger partial charge is 0.308 e. The summed E-state index contributed by atoms with van der Waals surface area (Å²) in [6, 6.07) is 0. The second kappa shape index (κ2) is 21.5. The molecule has 0 spiro atoms. The summed E-state index contributed by atoms with van der Waals surface area (Å²) < 4.78 is 26.4. The van der Waals surface area contributed by atoms with Crippen LogP contribution >= 0.6 is 0 Å². The van der Waals surface area contributed by atoms with Gasteiger partial charge >= 0.3 is 11.9 Å². The molecule has 0 aliphatic heterocycles. The van der Waals surface area contributed by atoms with E-state index in [9.17, 15) is 9.59 Å². The minimum atomic E-state index is -0.160. The summed E-state index contributed by atoms with van der Waals surface area (Å²) in [6.07, 6.45) is 7.35. The van der Waals surface area contributed by atoms with E-state index in [0.717, 1.165) is 44.9 Å². The van der Waals surface area contributed by atoms with Crippen molar-refractivity contribution in [2.45, 2.75) is 72.1 Å². The molecule has 1 atom stereocenters. The Morgan fingerprint density at radius 2 is 1.17 bits per heavy atom. The Morgan fingerprint density at radius 3 is 1.69 bits per heavy atom. The van der Waals surface area contributed by atoms with E-state index in [2.05, 4.69) is 13.8 Å². The van der Waals surface area contributed by atoms with Crippen LogP contribution in [0, 0.1) is 5.92 Å². The van der Waals surface area contributed by atoms with Crippen molar-refractivity contribution in [1.29, 1.82) is 0 Å². The number of carbonyl (C=O) groups is 2. The first kappa shape index (κ1) is 27.8. The van der Waals surface area contributed by atoms with Crippen molar-refractivity contribution in [3.05, 3.63) is 0 Å². The van der Waals surface area contributed by atoms with E-state index in [1.165, 1.54) is 0 Å². The Labute approximate surface area is 176 Å². The van der Waals surface area contributed by atoms with E-state index >= 15 is 0 Å². The quantitative estimate of drug-likeness (QED) is 0.206. The van der Waals surface area contributed by atoms with Crippen molar-refractivity contribution in [1.82, 2.24) is 0 Å². The Kier molecular flexibility index (Phi) is 20.7. The topological polar surface area (TPSA) is 80.3 Å². The zero-order valence-electron chi connectivity index (χ0n) is 18.7. The molecule has 0 saturated heterocycles. The second-order valence-electron chi connectivity index (χ2n) is 6.93. The summed E-state index contributed by atoms with van der Waals surface area (Å²) in [5.74, 6) is -0.278. The first-order chi connectivity index (χ1) is 14.2. The van der Waals surface area contributed by atoms with E-state index in [1.807, 2.05) is 6.92 Å². The van der Waals surface area contributed by atoms with Gasteiger partial charge in [-0.25, -0.2) is 0 Å². The largest absolute Gasteiger partial charge is 0.463 e. The standard InChI is InChI=1S/C22H42O7/c1-4-7-9-11-21(23)28-18-16-26-14-12-25-13-15-27-17-19-29-22(24)20(6-3)10-8-5-2/h20H,4-19H2,1-3H3. The lowest BCUT2D eigenvalue weighted by atomic mass is 10.00. The van der Waals surface area contributed by atoms with Crippen LogP contribution in [-0.2, 0) is 33.3 Å². The SMILES string of the molecule is CCCCCC(=O)OCCOCCOCCOCCOC(=O)C(CC)CCCC. The highest BCUT2D eigenvalue weighted by molar-refractivity contribution is 5.72. The van der Waals surface area contributed by atoms with Gasteiger partial charge in [0.2, 0.25) is 0 Å². The van der Waals surface area contributed by atoms with Crippen molar-refractivity contribution in [2.75, 3.05) is 52.9 Å². The maximum absolute atomic E-state index is 11.9. The van der Waals surface area contributed by atoms with Crippen LogP contribution in [0.4, 0.5) is 0 Å². The summed E-state index contributed by atoms with van der Waals surface area (Å²) in [6.45, 7) is 9.35. The molecule has 0 aromatic rings. The van der Waals surface area contributed by atoms with Gasteiger partial charge in [-0.15, -0.1) is 0 Å². The van der Waals surface area contributed by atoms with Crippen LogP contribution in [0.5, 0.6) is 0 Å². The maximum Gasteiger partial charge on any atom is 0.308 e. The van der Waals surface area contributed by atoms with Gasteiger partial charge in [0.25, 0.3) is 0 Å². The van der Waals surface area contributed by atoms with Crippen LogP contribution in [0.1, 0.15) is 72.1 Å². The normalized spacial score (nSPS) is 12.0. The molecule has 0 aromatic carbocycles. The lowest BCUT2D eigenvalue weighted by molar-refractivity contribution is -0.150. The third-order valence-electron chi connectivity index (χ3n) is 4.42. The molecule has 0 aromatic heterocycles. The number of ether oxygens (including phenoxy) is 5. The average Bonchev–Trinajstić information content (AvgIpc) is 2.72. The molecule has 1 unspecified atom stereocenters. The molecule has 29 heavy (non-hydrogen) atoms. The van der Waals surface area contributed by atoms with Crippen LogP contribution in [0.2, 0.25) is 0 Å². The first-order valence-electron chi connectivity index (χ1n) is 11.2. The van der Waals surface area contributed by atoms with Crippen molar-refractivity contribution in [2.24, 2.45) is 5.92 Å². The van der Waals surface area contributed by atoms with Gasteiger partial charge in [0.1, 0.15) is 13.2 Å². The van der Waals surface area contributed by atoms with E-state index in [4.69, 9.17) is 23.7 Å². The van der Waals surface area contributed by atoms with Gasteiger partial charge in [0.15, 0.2) is 0 Å². The molecule has 172 valence electrons. The molecule has 0 rings (SSSR count). The van der Waals surface area contributed by atoms with Crippen molar-refractivity contribution in [3.8, 4) is 0 Å². The Balaban J connectivity index is 3.33. The van der Waals surface area contributed by atoms with Gasteiger partial charge in [-0.2, -0.15) is 0 Å². The van der Waals surface area contributed by atoms with Crippen LogP contribution < -0.4 is 0 Å².